The molecule has 198 valence electrons. The predicted molar refractivity (Wildman–Crippen MR) is 159 cm³/mol. The van der Waals surface area contributed by atoms with Gasteiger partial charge in [-0.3, -0.25) is 0 Å². The van der Waals surface area contributed by atoms with Crippen molar-refractivity contribution in [3.8, 4) is 0 Å². The van der Waals surface area contributed by atoms with Gasteiger partial charge in [-0.1, -0.05) is 97.2 Å². The second-order valence-electron chi connectivity index (χ2n) is 9.55. The summed E-state index contributed by atoms with van der Waals surface area (Å²) in [5, 5.41) is 3.05. The molecule has 0 saturated heterocycles. The van der Waals surface area contributed by atoms with Gasteiger partial charge in [-0.15, -0.1) is 0 Å². The summed E-state index contributed by atoms with van der Waals surface area (Å²) in [7, 11) is 0. The number of allylic oxidation sites excluding steroid dienone is 2. The van der Waals surface area contributed by atoms with Gasteiger partial charge in [0.1, 0.15) is 0 Å². The zero-order chi connectivity index (χ0) is 26.2. The van der Waals surface area contributed by atoms with Crippen LogP contribution in [-0.4, -0.2) is 18.6 Å². The molecule has 0 aliphatic heterocycles. The monoisotopic (exact) mass is 472 g/mol. The van der Waals surface area contributed by atoms with Crippen molar-refractivity contribution in [1.29, 1.82) is 0 Å². The van der Waals surface area contributed by atoms with Crippen molar-refractivity contribution in [3.05, 3.63) is 54.8 Å². The van der Waals surface area contributed by atoms with Crippen molar-refractivity contribution >= 4 is 5.69 Å². The summed E-state index contributed by atoms with van der Waals surface area (Å²) in [5.74, 6) is 0.889. The summed E-state index contributed by atoms with van der Waals surface area (Å²) >= 11 is 0. The average Bonchev–Trinajstić information content (AvgIpc) is 2.86. The Bertz CT molecular complexity index is 577. The summed E-state index contributed by atoms with van der Waals surface area (Å²) in [6.07, 6.45) is 16.4. The molecule has 1 aliphatic carbocycles. The van der Waals surface area contributed by atoms with Crippen LogP contribution in [0.4, 0.5) is 5.69 Å². The molecule has 0 spiro atoms. The van der Waals surface area contributed by atoms with Crippen molar-refractivity contribution in [1.82, 2.24) is 5.32 Å². The maximum Gasteiger partial charge on any atom is 0.0366 e. The lowest BCUT2D eigenvalue weighted by molar-refractivity contribution is 0.392. The molecule has 2 rings (SSSR count). The first-order valence-electron chi connectivity index (χ1n) is 14.3. The van der Waals surface area contributed by atoms with Crippen molar-refractivity contribution < 1.29 is 0 Å². The summed E-state index contributed by atoms with van der Waals surface area (Å²) in [6, 6.07) is 10.9. The third kappa shape index (κ3) is 17.7. The van der Waals surface area contributed by atoms with E-state index in [2.05, 4.69) is 87.8 Å². The number of nitrogens with one attached hydrogen (secondary N) is 1. The maximum atomic E-state index is 3.53. The minimum atomic E-state index is 0.182. The summed E-state index contributed by atoms with van der Waals surface area (Å²) in [5.41, 5.74) is 3.33. The van der Waals surface area contributed by atoms with Gasteiger partial charge in [0.2, 0.25) is 0 Å². The van der Waals surface area contributed by atoms with Crippen LogP contribution in [0.25, 0.3) is 0 Å². The van der Waals surface area contributed by atoms with E-state index in [1.54, 1.807) is 11.8 Å². The van der Waals surface area contributed by atoms with E-state index >= 15 is 0 Å². The van der Waals surface area contributed by atoms with Crippen LogP contribution in [0.3, 0.4) is 0 Å². The lowest BCUT2D eigenvalue weighted by atomic mass is 9.81. The summed E-state index contributed by atoms with van der Waals surface area (Å²) in [6.45, 7) is 24.7. The van der Waals surface area contributed by atoms with Crippen molar-refractivity contribution in [2.75, 3.05) is 18.0 Å². The van der Waals surface area contributed by atoms with E-state index in [-0.39, 0.29) is 5.54 Å². The molecule has 1 N–H and O–H groups in total. The van der Waals surface area contributed by atoms with Gasteiger partial charge >= 0.3 is 0 Å². The highest BCUT2D eigenvalue weighted by molar-refractivity contribution is 5.45. The minimum Gasteiger partial charge on any atom is -0.387 e. The Morgan fingerprint density at radius 1 is 0.971 bits per heavy atom. The van der Waals surface area contributed by atoms with Gasteiger partial charge in [-0.25, -0.2) is 0 Å². The Kier molecular flexibility index (Phi) is 23.4. The third-order valence-electron chi connectivity index (χ3n) is 5.64. The Balaban J connectivity index is 0. The molecule has 1 aliphatic rings. The maximum absolute atomic E-state index is 3.53. The van der Waals surface area contributed by atoms with Crippen LogP contribution in [0.5, 0.6) is 0 Å². The van der Waals surface area contributed by atoms with Gasteiger partial charge in [0, 0.05) is 24.3 Å². The number of benzene rings is 1. The lowest BCUT2D eigenvalue weighted by Crippen LogP contribution is -2.30. The second-order valence-corrected chi connectivity index (χ2v) is 9.55. The van der Waals surface area contributed by atoms with Crippen molar-refractivity contribution in [2.24, 2.45) is 5.92 Å². The zero-order valence-corrected chi connectivity index (χ0v) is 24.6. The number of para-hydroxylation sites is 1. The van der Waals surface area contributed by atoms with Crippen LogP contribution in [0.15, 0.2) is 54.8 Å². The average molecular weight is 473 g/mol. The normalized spacial score (nSPS) is 13.7. The molecule has 1 fully saturated rings. The zero-order valence-electron chi connectivity index (χ0n) is 24.6. The van der Waals surface area contributed by atoms with Crippen LogP contribution in [0.1, 0.15) is 120 Å². The highest BCUT2D eigenvalue weighted by Gasteiger charge is 2.17. The van der Waals surface area contributed by atoms with E-state index in [9.17, 15) is 0 Å². The van der Waals surface area contributed by atoms with Gasteiger partial charge in [-0.2, -0.15) is 0 Å². The fraction of sp³-hybridized carbons (Fsp3) is 0.688. The van der Waals surface area contributed by atoms with E-state index in [0.717, 1.165) is 5.92 Å². The molecule has 0 heterocycles. The van der Waals surface area contributed by atoms with Crippen LogP contribution >= 0.6 is 0 Å². The molecule has 0 unspecified atom stereocenters. The summed E-state index contributed by atoms with van der Waals surface area (Å²) in [4.78, 5) is 2.56. The second kappa shape index (κ2) is 23.1. The Hall–Kier alpha value is -1.70. The standard InChI is InChI=1S/C22H35N.C6H13N.2C2H6/c1-3-12-20(21-13-7-5-8-14-21)15-11-19-23(18-4-2)22-16-9-6-10-17-22;1-5-7-6(2,3)4;2*1-2/h6,9-10,12,16-17,21H,3-5,7-8,11,13-15,18-19H2,1-2H3;5,7H,1H2,2-4H3;2*1-2H3/b20-12+;;;. The highest BCUT2D eigenvalue weighted by atomic mass is 15.1. The quantitative estimate of drug-likeness (QED) is 0.341. The highest BCUT2D eigenvalue weighted by Crippen LogP contribution is 2.32. The molecule has 0 atom stereocenters. The topological polar surface area (TPSA) is 15.3 Å². The lowest BCUT2D eigenvalue weighted by Gasteiger charge is -2.27. The van der Waals surface area contributed by atoms with E-state index in [4.69, 9.17) is 0 Å². The molecule has 2 nitrogen and oxygen atoms in total. The van der Waals surface area contributed by atoms with E-state index < -0.39 is 0 Å². The number of anilines is 1. The van der Waals surface area contributed by atoms with E-state index in [1.165, 1.54) is 76.6 Å². The first-order chi connectivity index (χ1) is 16.4. The number of hydrogen-bond donors (Lipinski definition) is 1. The molecule has 1 aromatic rings. The van der Waals surface area contributed by atoms with Crippen LogP contribution in [0, 0.1) is 5.92 Å². The molecule has 34 heavy (non-hydrogen) atoms. The van der Waals surface area contributed by atoms with Crippen molar-refractivity contribution in [3.63, 3.8) is 0 Å². The van der Waals surface area contributed by atoms with Gasteiger partial charge in [0.15, 0.2) is 0 Å². The van der Waals surface area contributed by atoms with Crippen LogP contribution in [0.2, 0.25) is 0 Å². The molecule has 0 aromatic heterocycles. The SMILES string of the molecule is C=CNC(C)(C)C.CC.CC.CC/C=C(\CCCN(CCC)c1ccccc1)C1CCCCC1. The smallest absolute Gasteiger partial charge is 0.0366 e. The van der Waals surface area contributed by atoms with Gasteiger partial charge in [-0.05, 0) is 83.5 Å². The number of nitrogens with zero attached hydrogens (tertiary/aromatic N) is 1. The third-order valence-corrected chi connectivity index (χ3v) is 5.64. The van der Waals surface area contributed by atoms with Crippen LogP contribution < -0.4 is 10.2 Å². The van der Waals surface area contributed by atoms with E-state index in [0.29, 0.717) is 0 Å². The Morgan fingerprint density at radius 2 is 1.56 bits per heavy atom. The fourth-order valence-corrected chi connectivity index (χ4v) is 4.27. The van der Waals surface area contributed by atoms with Gasteiger partial charge in [0.05, 0.1) is 0 Å². The van der Waals surface area contributed by atoms with Crippen molar-refractivity contribution in [2.45, 2.75) is 126 Å². The molecular weight excluding hydrogens is 412 g/mol. The summed E-state index contributed by atoms with van der Waals surface area (Å²) < 4.78 is 0. The molecule has 1 aromatic carbocycles. The predicted octanol–water partition coefficient (Wildman–Crippen LogP) is 10.2. The molecular formula is C32H60N2. The number of rotatable bonds is 10. The molecule has 0 bridgehead atoms. The molecule has 2 heteroatoms. The largest absolute Gasteiger partial charge is 0.387 e. The molecule has 0 amide bonds. The fourth-order valence-electron chi connectivity index (χ4n) is 4.27. The first kappa shape index (κ1) is 34.5. The Morgan fingerprint density at radius 3 is 2.00 bits per heavy atom. The van der Waals surface area contributed by atoms with Gasteiger partial charge < -0.3 is 10.2 Å². The molecule has 0 radical (unpaired) electrons. The van der Waals surface area contributed by atoms with Gasteiger partial charge in [0.25, 0.3) is 0 Å². The van der Waals surface area contributed by atoms with E-state index in [1.807, 2.05) is 27.7 Å². The Labute approximate surface area is 215 Å². The van der Waals surface area contributed by atoms with Crippen LogP contribution in [-0.2, 0) is 0 Å². The minimum absolute atomic E-state index is 0.182. The number of hydrogen-bond acceptors (Lipinski definition) is 2. The first-order valence-corrected chi connectivity index (χ1v) is 14.3. The molecule has 1 saturated carbocycles.